The van der Waals surface area contributed by atoms with Crippen LogP contribution in [0.1, 0.15) is 5.56 Å². The molecule has 0 spiro atoms. The third-order valence-electron chi connectivity index (χ3n) is 4.75. The van der Waals surface area contributed by atoms with Crippen molar-refractivity contribution < 1.29 is 29.3 Å². The molecule has 2 aromatic rings. The summed E-state index contributed by atoms with van der Waals surface area (Å²) in [5.74, 6) is -2.04. The van der Waals surface area contributed by atoms with Crippen molar-refractivity contribution in [3.05, 3.63) is 54.1 Å². The molecule has 0 aliphatic carbocycles. The van der Waals surface area contributed by atoms with Crippen LogP contribution in [0.3, 0.4) is 0 Å². The van der Waals surface area contributed by atoms with Gasteiger partial charge >= 0.3 is 11.9 Å². The van der Waals surface area contributed by atoms with Crippen LogP contribution < -0.4 is 14.4 Å². The van der Waals surface area contributed by atoms with Gasteiger partial charge in [-0.3, -0.25) is 4.90 Å². The smallest absolute Gasteiger partial charge is 0.414 e. The van der Waals surface area contributed by atoms with Gasteiger partial charge in [-0.05, 0) is 30.7 Å². The highest BCUT2D eigenvalue weighted by molar-refractivity contribution is 6.27. The molecule has 0 amide bonds. The number of aryl methyl sites for hydroxylation is 1. The van der Waals surface area contributed by atoms with Crippen LogP contribution in [0.4, 0.5) is 5.69 Å². The summed E-state index contributed by atoms with van der Waals surface area (Å²) in [7, 11) is 1.67. The molecule has 1 aliphatic heterocycles. The number of carboxylic acids is 2. The number of hydrogen-bond donors (Lipinski definition) is 2. The lowest BCUT2D eigenvalue weighted by Crippen LogP contribution is -2.47. The van der Waals surface area contributed by atoms with Crippen molar-refractivity contribution in [3.8, 4) is 11.5 Å². The number of hydrogen-bond acceptors (Lipinski definition) is 6. The van der Waals surface area contributed by atoms with E-state index in [1.807, 2.05) is 24.3 Å². The summed E-state index contributed by atoms with van der Waals surface area (Å²) >= 11 is 0. The number of methoxy groups -OCH3 is 1. The molecule has 3 rings (SSSR count). The Balaban J connectivity index is 0.000000469. The maximum Gasteiger partial charge on any atom is 0.414 e. The third-order valence-corrected chi connectivity index (χ3v) is 4.75. The average molecular weight is 416 g/mol. The molecule has 30 heavy (non-hydrogen) atoms. The van der Waals surface area contributed by atoms with Crippen LogP contribution in [0, 0.1) is 6.92 Å². The van der Waals surface area contributed by atoms with Crippen molar-refractivity contribution in [3.63, 3.8) is 0 Å². The number of rotatable bonds is 6. The van der Waals surface area contributed by atoms with E-state index < -0.39 is 11.9 Å². The highest BCUT2D eigenvalue weighted by Gasteiger charge is 2.18. The second-order valence-corrected chi connectivity index (χ2v) is 6.72. The molecule has 1 heterocycles. The maximum absolute atomic E-state index is 9.10. The van der Waals surface area contributed by atoms with Crippen LogP contribution in [-0.4, -0.2) is 73.5 Å². The highest BCUT2D eigenvalue weighted by atomic mass is 16.5. The fourth-order valence-electron chi connectivity index (χ4n) is 3.15. The van der Waals surface area contributed by atoms with E-state index in [4.69, 9.17) is 29.3 Å². The largest absolute Gasteiger partial charge is 0.493 e. The fourth-order valence-corrected chi connectivity index (χ4v) is 3.15. The molecule has 1 fully saturated rings. The van der Waals surface area contributed by atoms with E-state index in [9.17, 15) is 0 Å². The van der Waals surface area contributed by atoms with E-state index in [1.165, 1.54) is 11.3 Å². The van der Waals surface area contributed by atoms with Gasteiger partial charge in [-0.2, -0.15) is 0 Å². The third kappa shape index (κ3) is 6.97. The molecule has 8 nitrogen and oxygen atoms in total. The minimum Gasteiger partial charge on any atom is -0.493 e. The van der Waals surface area contributed by atoms with Crippen molar-refractivity contribution >= 4 is 17.6 Å². The first-order valence-corrected chi connectivity index (χ1v) is 9.67. The second kappa shape index (κ2) is 11.7. The predicted molar refractivity (Wildman–Crippen MR) is 114 cm³/mol. The summed E-state index contributed by atoms with van der Waals surface area (Å²) in [5.41, 5.74) is 2.72. The van der Waals surface area contributed by atoms with Crippen LogP contribution in [0.15, 0.2) is 48.5 Å². The number of nitrogens with zero attached hydrogens (tertiary/aromatic N) is 2. The van der Waals surface area contributed by atoms with Gasteiger partial charge in [0.15, 0.2) is 11.5 Å². The van der Waals surface area contributed by atoms with E-state index in [-0.39, 0.29) is 0 Å². The standard InChI is InChI=1S/C20H26N2O2.C2H2O4/c1-17-7-3-4-8-18(17)22-13-11-21(12-14-22)15-16-24-20-10-6-5-9-19(20)23-2;3-1(4)2(5)6/h3-10H,11-16H2,1-2H3;(H,3,4)(H,5,6). The van der Waals surface area contributed by atoms with Gasteiger partial charge < -0.3 is 24.6 Å². The van der Waals surface area contributed by atoms with Crippen LogP contribution in [0.2, 0.25) is 0 Å². The minimum atomic E-state index is -1.82. The van der Waals surface area contributed by atoms with Gasteiger partial charge in [0.05, 0.1) is 7.11 Å². The first-order chi connectivity index (χ1) is 14.4. The molecule has 0 atom stereocenters. The average Bonchev–Trinajstić information content (AvgIpc) is 2.75. The summed E-state index contributed by atoms with van der Waals surface area (Å²) in [6.07, 6.45) is 0. The zero-order chi connectivity index (χ0) is 21.9. The number of aliphatic carboxylic acids is 2. The Morgan fingerprint density at radius 1 is 0.900 bits per heavy atom. The maximum atomic E-state index is 9.10. The molecule has 0 unspecified atom stereocenters. The summed E-state index contributed by atoms with van der Waals surface area (Å²) in [5, 5.41) is 14.8. The zero-order valence-electron chi connectivity index (χ0n) is 17.3. The molecule has 2 aromatic carbocycles. The Morgan fingerprint density at radius 3 is 2.03 bits per heavy atom. The number of benzene rings is 2. The number of carbonyl (C=O) groups is 2. The molecule has 0 radical (unpaired) electrons. The zero-order valence-corrected chi connectivity index (χ0v) is 17.3. The Bertz CT molecular complexity index is 822. The van der Waals surface area contributed by atoms with Gasteiger partial charge in [0.25, 0.3) is 0 Å². The lowest BCUT2D eigenvalue weighted by molar-refractivity contribution is -0.159. The Hall–Kier alpha value is -3.26. The molecule has 0 bridgehead atoms. The SMILES string of the molecule is COc1ccccc1OCCN1CCN(c2ccccc2C)CC1.O=C(O)C(=O)O. The summed E-state index contributed by atoms with van der Waals surface area (Å²) in [6.45, 7) is 8.10. The Kier molecular flexibility index (Phi) is 8.96. The molecule has 2 N–H and O–H groups in total. The van der Waals surface area contributed by atoms with Crippen LogP contribution in [-0.2, 0) is 9.59 Å². The van der Waals surface area contributed by atoms with Crippen LogP contribution in [0.5, 0.6) is 11.5 Å². The van der Waals surface area contributed by atoms with Gasteiger partial charge in [-0.25, -0.2) is 9.59 Å². The fraction of sp³-hybridized carbons (Fsp3) is 0.364. The summed E-state index contributed by atoms with van der Waals surface area (Å²) in [4.78, 5) is 23.1. The topological polar surface area (TPSA) is 99.5 Å². The lowest BCUT2D eigenvalue weighted by atomic mass is 10.1. The molecular formula is C22H28N2O6. The first kappa shape index (κ1) is 23.0. The van der Waals surface area contributed by atoms with E-state index in [0.717, 1.165) is 44.2 Å². The molecular weight excluding hydrogens is 388 g/mol. The summed E-state index contributed by atoms with van der Waals surface area (Å²) < 4.78 is 11.2. The van der Waals surface area contributed by atoms with E-state index >= 15 is 0 Å². The van der Waals surface area contributed by atoms with Crippen molar-refractivity contribution in [2.45, 2.75) is 6.92 Å². The number of carboxylic acid groups (broad SMARTS) is 2. The van der Waals surface area contributed by atoms with E-state index in [1.54, 1.807) is 7.11 Å². The van der Waals surface area contributed by atoms with Gasteiger partial charge in [-0.1, -0.05) is 30.3 Å². The summed E-state index contributed by atoms with van der Waals surface area (Å²) in [6, 6.07) is 16.4. The molecule has 0 aromatic heterocycles. The number of ether oxygens (including phenoxy) is 2. The quantitative estimate of drug-likeness (QED) is 0.693. The van der Waals surface area contributed by atoms with Crippen molar-refractivity contribution in [2.75, 3.05) is 51.3 Å². The second-order valence-electron chi connectivity index (χ2n) is 6.72. The van der Waals surface area contributed by atoms with Gasteiger partial charge in [0.2, 0.25) is 0 Å². The van der Waals surface area contributed by atoms with Crippen molar-refractivity contribution in [1.82, 2.24) is 4.90 Å². The predicted octanol–water partition coefficient (Wildman–Crippen LogP) is 2.36. The highest BCUT2D eigenvalue weighted by Crippen LogP contribution is 2.25. The Morgan fingerprint density at radius 2 is 1.47 bits per heavy atom. The normalized spacial score (nSPS) is 13.7. The van der Waals surface area contributed by atoms with E-state index in [0.29, 0.717) is 6.61 Å². The number of piperazine rings is 1. The molecule has 8 heteroatoms. The lowest BCUT2D eigenvalue weighted by Gasteiger charge is -2.36. The van der Waals surface area contributed by atoms with Gasteiger partial charge in [0.1, 0.15) is 6.61 Å². The number of para-hydroxylation sites is 3. The van der Waals surface area contributed by atoms with E-state index in [2.05, 4.69) is 41.0 Å². The monoisotopic (exact) mass is 416 g/mol. The van der Waals surface area contributed by atoms with Crippen LogP contribution >= 0.6 is 0 Å². The minimum absolute atomic E-state index is 0.685. The van der Waals surface area contributed by atoms with Crippen LogP contribution in [0.25, 0.3) is 0 Å². The molecule has 1 aliphatic rings. The number of anilines is 1. The molecule has 0 saturated carbocycles. The van der Waals surface area contributed by atoms with Crippen molar-refractivity contribution in [1.29, 1.82) is 0 Å². The molecule has 1 saturated heterocycles. The van der Waals surface area contributed by atoms with Gasteiger partial charge in [0, 0.05) is 38.4 Å². The van der Waals surface area contributed by atoms with Crippen molar-refractivity contribution in [2.24, 2.45) is 0 Å². The van der Waals surface area contributed by atoms with Gasteiger partial charge in [-0.15, -0.1) is 0 Å². The Labute approximate surface area is 176 Å². The molecule has 162 valence electrons. The first-order valence-electron chi connectivity index (χ1n) is 9.67.